The number of hydrogen-bond acceptors (Lipinski definition) is 3. The molecule has 0 aromatic heterocycles. The summed E-state index contributed by atoms with van der Waals surface area (Å²) in [5, 5.41) is 17.1. The second kappa shape index (κ2) is 2.98. The minimum atomic E-state index is -1.49. The first-order valence-electron chi connectivity index (χ1n) is 3.08. The van der Waals surface area contributed by atoms with Crippen molar-refractivity contribution in [2.24, 2.45) is 11.7 Å². The number of rotatable bonds is 3. The lowest BCUT2D eigenvalue weighted by Crippen LogP contribution is -2.55. The Balaban J connectivity index is 4.38. The SMILES string of the molecule is CC(C)C(N)(CO)C(=O)O. The highest BCUT2D eigenvalue weighted by molar-refractivity contribution is 5.78. The predicted molar refractivity (Wildman–Crippen MR) is 36.5 cm³/mol. The molecule has 0 aliphatic carbocycles. The molecule has 0 radical (unpaired) electrons. The fraction of sp³-hybridized carbons (Fsp3) is 0.833. The predicted octanol–water partition coefficient (Wildman–Crippen LogP) is -0.583. The molecule has 0 aromatic carbocycles. The lowest BCUT2D eigenvalue weighted by Gasteiger charge is -2.25. The van der Waals surface area contributed by atoms with Crippen LogP contribution in [0.4, 0.5) is 0 Å². The summed E-state index contributed by atoms with van der Waals surface area (Å²) < 4.78 is 0. The third kappa shape index (κ3) is 1.46. The number of hydrogen-bond donors (Lipinski definition) is 3. The molecule has 0 rings (SSSR count). The van der Waals surface area contributed by atoms with Crippen LogP contribution in [0.25, 0.3) is 0 Å². The van der Waals surface area contributed by atoms with E-state index in [1.54, 1.807) is 13.8 Å². The molecule has 1 unspecified atom stereocenters. The van der Waals surface area contributed by atoms with E-state index in [0.29, 0.717) is 0 Å². The van der Waals surface area contributed by atoms with E-state index in [1.165, 1.54) is 0 Å². The number of aliphatic hydroxyl groups excluding tert-OH is 1. The maximum Gasteiger partial charge on any atom is 0.326 e. The minimum absolute atomic E-state index is 0.269. The van der Waals surface area contributed by atoms with Crippen LogP contribution in [-0.2, 0) is 4.79 Å². The van der Waals surface area contributed by atoms with E-state index in [4.69, 9.17) is 15.9 Å². The van der Waals surface area contributed by atoms with Gasteiger partial charge in [-0.25, -0.2) is 0 Å². The Morgan fingerprint density at radius 2 is 2.10 bits per heavy atom. The van der Waals surface area contributed by atoms with E-state index in [-0.39, 0.29) is 5.92 Å². The van der Waals surface area contributed by atoms with Gasteiger partial charge in [0.25, 0.3) is 0 Å². The van der Waals surface area contributed by atoms with Gasteiger partial charge in [0, 0.05) is 0 Å². The molecule has 0 spiro atoms. The number of carboxylic acids is 1. The summed E-state index contributed by atoms with van der Waals surface area (Å²) in [6.07, 6.45) is 0. The van der Waals surface area contributed by atoms with Gasteiger partial charge in [-0.3, -0.25) is 4.79 Å². The summed E-state index contributed by atoms with van der Waals surface area (Å²) in [6.45, 7) is 2.79. The van der Waals surface area contributed by atoms with Gasteiger partial charge < -0.3 is 15.9 Å². The largest absolute Gasteiger partial charge is 0.480 e. The third-order valence-corrected chi connectivity index (χ3v) is 1.69. The van der Waals surface area contributed by atoms with Gasteiger partial charge in [-0.1, -0.05) is 13.8 Å². The number of carboxylic acid groups (broad SMARTS) is 1. The first-order chi connectivity index (χ1) is 4.45. The van der Waals surface area contributed by atoms with Gasteiger partial charge in [0.1, 0.15) is 5.54 Å². The Morgan fingerprint density at radius 1 is 1.70 bits per heavy atom. The number of carbonyl (C=O) groups is 1. The Labute approximate surface area is 59.7 Å². The van der Waals surface area contributed by atoms with Gasteiger partial charge in [-0.15, -0.1) is 0 Å². The van der Waals surface area contributed by atoms with Gasteiger partial charge in [-0.05, 0) is 5.92 Å². The Hall–Kier alpha value is -0.610. The molecule has 0 aromatic rings. The maximum atomic E-state index is 10.4. The maximum absolute atomic E-state index is 10.4. The van der Waals surface area contributed by atoms with Gasteiger partial charge in [0.15, 0.2) is 0 Å². The summed E-state index contributed by atoms with van der Waals surface area (Å²) >= 11 is 0. The first kappa shape index (κ1) is 9.39. The van der Waals surface area contributed by atoms with Crippen molar-refractivity contribution >= 4 is 5.97 Å². The zero-order valence-corrected chi connectivity index (χ0v) is 6.16. The van der Waals surface area contributed by atoms with Crippen LogP contribution in [0, 0.1) is 5.92 Å². The molecule has 60 valence electrons. The lowest BCUT2D eigenvalue weighted by atomic mass is 9.89. The molecule has 0 saturated carbocycles. The van der Waals surface area contributed by atoms with Crippen LogP contribution in [0.5, 0.6) is 0 Å². The third-order valence-electron chi connectivity index (χ3n) is 1.69. The summed E-state index contributed by atoms with van der Waals surface area (Å²) in [4.78, 5) is 10.4. The normalized spacial score (nSPS) is 16.9. The van der Waals surface area contributed by atoms with Crippen LogP contribution >= 0.6 is 0 Å². The molecule has 4 N–H and O–H groups in total. The van der Waals surface area contributed by atoms with E-state index in [1.807, 2.05) is 0 Å². The van der Waals surface area contributed by atoms with Crippen molar-refractivity contribution in [3.8, 4) is 0 Å². The molecule has 4 heteroatoms. The molecule has 0 amide bonds. The van der Waals surface area contributed by atoms with Crippen molar-refractivity contribution in [2.75, 3.05) is 6.61 Å². The van der Waals surface area contributed by atoms with Gasteiger partial charge >= 0.3 is 5.97 Å². The molecule has 0 fully saturated rings. The van der Waals surface area contributed by atoms with Crippen LogP contribution in [0.3, 0.4) is 0 Å². The van der Waals surface area contributed by atoms with Crippen molar-refractivity contribution in [3.63, 3.8) is 0 Å². The molecule has 1 atom stereocenters. The zero-order chi connectivity index (χ0) is 8.36. The van der Waals surface area contributed by atoms with Gasteiger partial charge in [-0.2, -0.15) is 0 Å². The topological polar surface area (TPSA) is 83.5 Å². The molecule has 0 saturated heterocycles. The number of nitrogens with two attached hydrogens (primary N) is 1. The summed E-state index contributed by atoms with van der Waals surface area (Å²) in [5.41, 5.74) is 3.85. The number of aliphatic hydroxyl groups is 1. The van der Waals surface area contributed by atoms with E-state index in [2.05, 4.69) is 0 Å². The van der Waals surface area contributed by atoms with E-state index in [9.17, 15) is 4.79 Å². The molecule has 0 heterocycles. The number of aliphatic carboxylic acids is 1. The Bertz CT molecular complexity index is 135. The summed E-state index contributed by atoms with van der Waals surface area (Å²) in [6, 6.07) is 0. The molecule has 4 nitrogen and oxygen atoms in total. The van der Waals surface area contributed by atoms with Gasteiger partial charge in [0.05, 0.1) is 6.61 Å². The molecule has 10 heavy (non-hydrogen) atoms. The monoisotopic (exact) mass is 147 g/mol. The first-order valence-corrected chi connectivity index (χ1v) is 3.08. The molecular weight excluding hydrogens is 134 g/mol. The van der Waals surface area contributed by atoms with Crippen molar-refractivity contribution in [3.05, 3.63) is 0 Å². The zero-order valence-electron chi connectivity index (χ0n) is 6.16. The standard InChI is InChI=1S/C6H13NO3/c1-4(2)6(7,3-8)5(9)10/h4,8H,3,7H2,1-2H3,(H,9,10). The van der Waals surface area contributed by atoms with E-state index >= 15 is 0 Å². The highest BCUT2D eigenvalue weighted by Gasteiger charge is 2.36. The quantitative estimate of drug-likeness (QED) is 0.498. The summed E-state index contributed by atoms with van der Waals surface area (Å²) in [5.74, 6) is -1.43. The molecule has 0 aliphatic rings. The van der Waals surface area contributed by atoms with E-state index in [0.717, 1.165) is 0 Å². The molecule has 0 bridgehead atoms. The van der Waals surface area contributed by atoms with Crippen molar-refractivity contribution in [1.82, 2.24) is 0 Å². The Kier molecular flexibility index (Phi) is 2.80. The second-order valence-corrected chi connectivity index (χ2v) is 2.66. The average Bonchev–Trinajstić information content (AvgIpc) is 1.85. The van der Waals surface area contributed by atoms with Crippen LogP contribution in [0.1, 0.15) is 13.8 Å². The van der Waals surface area contributed by atoms with Gasteiger partial charge in [0.2, 0.25) is 0 Å². The molecular formula is C6H13NO3. The van der Waals surface area contributed by atoms with Crippen LogP contribution in [0.2, 0.25) is 0 Å². The second-order valence-electron chi connectivity index (χ2n) is 2.66. The highest BCUT2D eigenvalue weighted by Crippen LogP contribution is 2.12. The van der Waals surface area contributed by atoms with Crippen LogP contribution in [0.15, 0.2) is 0 Å². The van der Waals surface area contributed by atoms with E-state index < -0.39 is 18.1 Å². The lowest BCUT2D eigenvalue weighted by molar-refractivity contribution is -0.146. The Morgan fingerprint density at radius 3 is 2.10 bits per heavy atom. The van der Waals surface area contributed by atoms with Crippen molar-refractivity contribution in [2.45, 2.75) is 19.4 Å². The molecule has 0 aliphatic heterocycles. The van der Waals surface area contributed by atoms with Crippen molar-refractivity contribution in [1.29, 1.82) is 0 Å². The van der Waals surface area contributed by atoms with Crippen LogP contribution < -0.4 is 5.73 Å². The minimum Gasteiger partial charge on any atom is -0.480 e. The van der Waals surface area contributed by atoms with Crippen molar-refractivity contribution < 1.29 is 15.0 Å². The summed E-state index contributed by atoms with van der Waals surface area (Å²) in [7, 11) is 0. The smallest absolute Gasteiger partial charge is 0.326 e. The van der Waals surface area contributed by atoms with Crippen LogP contribution in [-0.4, -0.2) is 28.3 Å². The average molecular weight is 147 g/mol. The fourth-order valence-electron chi connectivity index (χ4n) is 0.497. The highest BCUT2D eigenvalue weighted by atomic mass is 16.4. The fourth-order valence-corrected chi connectivity index (χ4v) is 0.497.